The van der Waals surface area contributed by atoms with Gasteiger partial charge in [-0.1, -0.05) is 44.2 Å². The van der Waals surface area contributed by atoms with Crippen LogP contribution in [0, 0.1) is 5.92 Å². The highest BCUT2D eigenvalue weighted by molar-refractivity contribution is 5.69. The van der Waals surface area contributed by atoms with Crippen LogP contribution in [0.2, 0.25) is 0 Å². The molecule has 3 unspecified atom stereocenters. The number of allylic oxidation sites excluding steroid dienone is 2. The predicted molar refractivity (Wildman–Crippen MR) is 101 cm³/mol. The number of phenolic OH excluding ortho intramolecular Hbond substituents is 1. The average molecular weight is 395 g/mol. The van der Waals surface area contributed by atoms with Crippen molar-refractivity contribution in [1.82, 2.24) is 10.7 Å². The SMILES string of the molecule is CC(C)(CC(O)(CNC1=CC=CC2NN=CC12)C(F)(F)F)c1ccccc1O. The lowest BCUT2D eigenvalue weighted by Gasteiger charge is -2.39. The Morgan fingerprint density at radius 3 is 2.61 bits per heavy atom. The molecule has 8 heteroatoms. The molecule has 1 aliphatic carbocycles. The predicted octanol–water partition coefficient (Wildman–Crippen LogP) is 2.97. The molecule has 0 aromatic heterocycles. The number of hydrazone groups is 1. The van der Waals surface area contributed by atoms with Crippen molar-refractivity contribution in [2.45, 2.75) is 43.5 Å². The van der Waals surface area contributed by atoms with Crippen LogP contribution in [0.25, 0.3) is 0 Å². The van der Waals surface area contributed by atoms with Crippen LogP contribution < -0.4 is 10.7 Å². The van der Waals surface area contributed by atoms with Gasteiger partial charge in [-0.25, -0.2) is 0 Å². The largest absolute Gasteiger partial charge is 0.508 e. The summed E-state index contributed by atoms with van der Waals surface area (Å²) < 4.78 is 41.5. The van der Waals surface area contributed by atoms with Gasteiger partial charge in [-0.15, -0.1) is 0 Å². The first-order chi connectivity index (χ1) is 13.0. The number of nitrogens with zero attached hydrogens (tertiary/aromatic N) is 1. The van der Waals surface area contributed by atoms with E-state index in [9.17, 15) is 23.4 Å². The van der Waals surface area contributed by atoms with Gasteiger partial charge in [0.15, 0.2) is 5.60 Å². The number of nitrogens with one attached hydrogen (secondary N) is 2. The van der Waals surface area contributed by atoms with Gasteiger partial charge in [0.05, 0.1) is 18.5 Å². The van der Waals surface area contributed by atoms with E-state index in [1.165, 1.54) is 6.07 Å². The molecular formula is C20H24F3N3O2. The molecule has 0 radical (unpaired) electrons. The molecule has 3 rings (SSSR count). The Balaban J connectivity index is 1.81. The molecule has 5 nitrogen and oxygen atoms in total. The first kappa shape index (κ1) is 20.3. The fourth-order valence-corrected chi connectivity index (χ4v) is 3.77. The quantitative estimate of drug-likeness (QED) is 0.597. The van der Waals surface area contributed by atoms with E-state index in [1.807, 2.05) is 6.08 Å². The van der Waals surface area contributed by atoms with E-state index >= 15 is 0 Å². The summed E-state index contributed by atoms with van der Waals surface area (Å²) in [5.74, 6) is -0.296. The van der Waals surface area contributed by atoms with Crippen molar-refractivity contribution in [2.24, 2.45) is 11.0 Å². The minimum absolute atomic E-state index is 0.0961. The Kier molecular flexibility index (Phi) is 5.18. The first-order valence-corrected chi connectivity index (χ1v) is 9.02. The van der Waals surface area contributed by atoms with Gasteiger partial charge in [0.25, 0.3) is 0 Å². The third-order valence-electron chi connectivity index (χ3n) is 5.28. The monoisotopic (exact) mass is 395 g/mol. The van der Waals surface area contributed by atoms with Gasteiger partial charge >= 0.3 is 6.18 Å². The molecule has 1 aliphatic heterocycles. The molecular weight excluding hydrogens is 371 g/mol. The van der Waals surface area contributed by atoms with Crippen LogP contribution in [0.15, 0.2) is 53.3 Å². The highest BCUT2D eigenvalue weighted by atomic mass is 19.4. The molecule has 0 saturated carbocycles. The molecule has 0 bridgehead atoms. The van der Waals surface area contributed by atoms with E-state index < -0.39 is 30.2 Å². The van der Waals surface area contributed by atoms with E-state index in [0.717, 1.165) is 0 Å². The molecule has 1 heterocycles. The lowest BCUT2D eigenvalue weighted by atomic mass is 9.74. The Bertz CT molecular complexity index is 817. The topological polar surface area (TPSA) is 76.9 Å². The third-order valence-corrected chi connectivity index (χ3v) is 5.28. The second-order valence-electron chi connectivity index (χ2n) is 7.93. The molecule has 0 saturated heterocycles. The highest BCUT2D eigenvalue weighted by Gasteiger charge is 2.56. The number of alkyl halides is 3. The van der Waals surface area contributed by atoms with Crippen molar-refractivity contribution in [2.75, 3.05) is 6.54 Å². The fraction of sp³-hybridized carbons (Fsp3) is 0.450. The number of halogens is 3. The second-order valence-corrected chi connectivity index (χ2v) is 7.93. The number of aromatic hydroxyl groups is 1. The Hall–Kier alpha value is -2.48. The zero-order valence-corrected chi connectivity index (χ0v) is 15.7. The third kappa shape index (κ3) is 3.87. The average Bonchev–Trinajstić information content (AvgIpc) is 3.08. The smallest absolute Gasteiger partial charge is 0.418 e. The molecule has 28 heavy (non-hydrogen) atoms. The molecule has 0 fully saturated rings. The van der Waals surface area contributed by atoms with Crippen LogP contribution in [-0.4, -0.2) is 40.8 Å². The van der Waals surface area contributed by atoms with Crippen molar-refractivity contribution in [3.63, 3.8) is 0 Å². The van der Waals surface area contributed by atoms with Crippen molar-refractivity contribution in [1.29, 1.82) is 0 Å². The number of rotatable bonds is 6. The number of para-hydroxylation sites is 1. The summed E-state index contributed by atoms with van der Waals surface area (Å²) in [6.07, 6.45) is 1.46. The lowest BCUT2D eigenvalue weighted by Crippen LogP contribution is -2.55. The lowest BCUT2D eigenvalue weighted by molar-refractivity contribution is -0.264. The van der Waals surface area contributed by atoms with E-state index in [2.05, 4.69) is 15.8 Å². The maximum atomic E-state index is 13.8. The molecule has 152 valence electrons. The molecule has 0 spiro atoms. The van der Waals surface area contributed by atoms with Crippen LogP contribution in [-0.2, 0) is 5.41 Å². The van der Waals surface area contributed by atoms with Crippen molar-refractivity contribution < 1.29 is 23.4 Å². The highest BCUT2D eigenvalue weighted by Crippen LogP contribution is 2.43. The minimum atomic E-state index is -4.85. The van der Waals surface area contributed by atoms with Crippen LogP contribution >= 0.6 is 0 Å². The summed E-state index contributed by atoms with van der Waals surface area (Å²) in [4.78, 5) is 0. The summed E-state index contributed by atoms with van der Waals surface area (Å²) in [6, 6.07) is 6.13. The zero-order valence-electron chi connectivity index (χ0n) is 15.7. The maximum absolute atomic E-state index is 13.8. The molecule has 2 aliphatic rings. The van der Waals surface area contributed by atoms with Crippen LogP contribution in [0.3, 0.4) is 0 Å². The van der Waals surface area contributed by atoms with Crippen molar-refractivity contribution in [3.05, 3.63) is 53.8 Å². The minimum Gasteiger partial charge on any atom is -0.508 e. The van der Waals surface area contributed by atoms with Gasteiger partial charge in [-0.2, -0.15) is 18.3 Å². The summed E-state index contributed by atoms with van der Waals surface area (Å²) in [5, 5.41) is 27.4. The van der Waals surface area contributed by atoms with Gasteiger partial charge in [0, 0.05) is 11.9 Å². The molecule has 0 amide bonds. The van der Waals surface area contributed by atoms with E-state index in [0.29, 0.717) is 11.3 Å². The first-order valence-electron chi connectivity index (χ1n) is 9.02. The van der Waals surface area contributed by atoms with Gasteiger partial charge in [0.1, 0.15) is 5.75 Å². The molecule has 4 N–H and O–H groups in total. The van der Waals surface area contributed by atoms with Crippen LogP contribution in [0.1, 0.15) is 25.8 Å². The Morgan fingerprint density at radius 2 is 1.93 bits per heavy atom. The van der Waals surface area contributed by atoms with E-state index in [-0.39, 0.29) is 17.7 Å². The fourth-order valence-electron chi connectivity index (χ4n) is 3.77. The summed E-state index contributed by atoms with van der Waals surface area (Å²) in [6.45, 7) is 2.44. The number of aliphatic hydroxyl groups is 1. The van der Waals surface area contributed by atoms with Crippen molar-refractivity contribution in [3.8, 4) is 5.75 Å². The van der Waals surface area contributed by atoms with E-state index in [1.54, 1.807) is 50.4 Å². The van der Waals surface area contributed by atoms with Gasteiger partial charge in [0.2, 0.25) is 0 Å². The Morgan fingerprint density at radius 1 is 1.21 bits per heavy atom. The Labute approximate surface area is 161 Å². The summed E-state index contributed by atoms with van der Waals surface area (Å²) >= 11 is 0. The summed E-state index contributed by atoms with van der Waals surface area (Å²) in [5.41, 5.74) is -0.318. The van der Waals surface area contributed by atoms with Gasteiger partial charge in [-0.05, 0) is 29.5 Å². The zero-order chi connectivity index (χ0) is 20.6. The standard InChI is InChI=1S/C20H24F3N3O2/c1-18(2,14-6-3-4-9-17(14)27)11-19(28,20(21,22)23)12-24-15-7-5-8-16-13(15)10-25-26-16/h3-10,13,16,24,26-28H,11-12H2,1-2H3. The number of phenols is 1. The normalized spacial score (nSPS) is 23.6. The number of fused-ring (bicyclic) bond motifs is 1. The van der Waals surface area contributed by atoms with Crippen molar-refractivity contribution >= 4 is 6.21 Å². The molecule has 3 atom stereocenters. The van der Waals surface area contributed by atoms with Crippen LogP contribution in [0.4, 0.5) is 13.2 Å². The van der Waals surface area contributed by atoms with Gasteiger partial charge < -0.3 is 21.0 Å². The van der Waals surface area contributed by atoms with E-state index in [4.69, 9.17) is 0 Å². The van der Waals surface area contributed by atoms with Gasteiger partial charge in [-0.3, -0.25) is 0 Å². The maximum Gasteiger partial charge on any atom is 0.418 e. The number of hydrogen-bond donors (Lipinski definition) is 4. The summed E-state index contributed by atoms with van der Waals surface area (Å²) in [7, 11) is 0. The number of benzene rings is 1. The molecule has 1 aromatic carbocycles. The number of hydrogen-bond acceptors (Lipinski definition) is 5. The second kappa shape index (κ2) is 7.16. The van der Waals surface area contributed by atoms with Crippen LogP contribution in [0.5, 0.6) is 5.75 Å². The molecule has 1 aromatic rings.